The van der Waals surface area contributed by atoms with Crippen molar-refractivity contribution in [1.29, 1.82) is 0 Å². The molecule has 0 bridgehead atoms. The highest BCUT2D eigenvalue weighted by Gasteiger charge is 2.36. The molecule has 1 aromatic heterocycles. The summed E-state index contributed by atoms with van der Waals surface area (Å²) >= 11 is 0. The molecule has 0 fully saturated rings. The molecule has 4 rings (SSSR count). The SMILES string of the molecule is C[C@@H]1CN([C@H](C)CO)C(=O)c2cccc(NC(=O)Nc3ccc(F)cc3)c2O[C@H]1CN(C)S(=O)(=O)c1cn(C)cn1. The number of aliphatic hydroxyl groups is 1. The lowest BCUT2D eigenvalue weighted by molar-refractivity contribution is 0.0389. The number of anilines is 2. The van der Waals surface area contributed by atoms with Gasteiger partial charge in [0.1, 0.15) is 11.9 Å². The Hall–Kier alpha value is -4.01. The number of imidazole rings is 1. The number of fused-ring (bicyclic) bond motifs is 1. The quantitative estimate of drug-likeness (QED) is 0.367. The van der Waals surface area contributed by atoms with E-state index in [9.17, 15) is 27.5 Å². The summed E-state index contributed by atoms with van der Waals surface area (Å²) in [5.41, 5.74) is 0.647. The number of rotatable bonds is 8. The van der Waals surface area contributed by atoms with Crippen molar-refractivity contribution in [2.24, 2.45) is 13.0 Å². The summed E-state index contributed by atoms with van der Waals surface area (Å²) in [7, 11) is -0.877. The van der Waals surface area contributed by atoms with Crippen LogP contribution in [-0.2, 0) is 17.1 Å². The molecule has 3 aromatic rings. The molecule has 2 heterocycles. The van der Waals surface area contributed by atoms with Crippen LogP contribution in [0.1, 0.15) is 24.2 Å². The number of aliphatic hydroxyl groups excluding tert-OH is 1. The van der Waals surface area contributed by atoms with E-state index < -0.39 is 39.9 Å². The van der Waals surface area contributed by atoms with Crippen molar-refractivity contribution < 1.29 is 32.2 Å². The third-order valence-electron chi connectivity index (χ3n) is 6.83. The molecule has 0 saturated carbocycles. The van der Waals surface area contributed by atoms with E-state index in [2.05, 4.69) is 15.6 Å². The Morgan fingerprint density at radius 1 is 1.24 bits per heavy atom. The second-order valence-electron chi connectivity index (χ2n) is 10.1. The van der Waals surface area contributed by atoms with Crippen molar-refractivity contribution in [3.8, 4) is 5.75 Å². The zero-order valence-electron chi connectivity index (χ0n) is 23.1. The number of urea groups is 1. The first kappa shape index (κ1) is 30.0. The van der Waals surface area contributed by atoms with Gasteiger partial charge in [0, 0.05) is 38.4 Å². The van der Waals surface area contributed by atoms with Crippen LogP contribution in [0, 0.1) is 11.7 Å². The largest absolute Gasteiger partial charge is 0.486 e. The summed E-state index contributed by atoms with van der Waals surface area (Å²) in [5, 5.41) is 15.0. The molecule has 3 amide bonds. The first-order chi connectivity index (χ1) is 19.4. The Labute approximate surface area is 237 Å². The minimum absolute atomic E-state index is 0.0575. The van der Waals surface area contributed by atoms with Gasteiger partial charge in [-0.1, -0.05) is 13.0 Å². The summed E-state index contributed by atoms with van der Waals surface area (Å²) < 4.78 is 48.7. The fraction of sp³-hybridized carbons (Fsp3) is 0.370. The molecule has 1 aliphatic heterocycles. The van der Waals surface area contributed by atoms with Crippen LogP contribution in [0.2, 0.25) is 0 Å². The van der Waals surface area contributed by atoms with E-state index in [4.69, 9.17) is 4.74 Å². The van der Waals surface area contributed by atoms with Crippen LogP contribution in [0.5, 0.6) is 5.75 Å². The number of hydrogen-bond acceptors (Lipinski definition) is 7. The van der Waals surface area contributed by atoms with E-state index in [0.29, 0.717) is 5.69 Å². The molecule has 1 aliphatic rings. The Bertz CT molecular complexity index is 1510. The van der Waals surface area contributed by atoms with Crippen LogP contribution in [0.25, 0.3) is 0 Å². The van der Waals surface area contributed by atoms with Gasteiger partial charge in [0.2, 0.25) is 0 Å². The number of nitrogens with zero attached hydrogens (tertiary/aromatic N) is 4. The van der Waals surface area contributed by atoms with E-state index in [1.807, 2.05) is 6.92 Å². The third-order valence-corrected chi connectivity index (χ3v) is 8.54. The maximum atomic E-state index is 13.6. The molecule has 0 unspecified atom stereocenters. The van der Waals surface area contributed by atoms with Crippen LogP contribution in [0.3, 0.4) is 0 Å². The van der Waals surface area contributed by atoms with E-state index in [1.54, 1.807) is 32.2 Å². The lowest BCUT2D eigenvalue weighted by Crippen LogP contribution is -2.50. The number of para-hydroxylation sites is 1. The van der Waals surface area contributed by atoms with Crippen molar-refractivity contribution in [2.45, 2.75) is 31.0 Å². The standard InChI is InChI=1S/C27H33FN6O6S/c1-17-12-34(18(2)15-35)26(36)21-6-5-7-22(31-27(37)30-20-10-8-19(28)9-11-20)25(21)40-23(17)13-33(4)41(38,39)24-14-32(3)16-29-24/h5-11,14,16-18,23,35H,12-13,15H2,1-4H3,(H2,30,31,37)/t17-,18-,23+/m1/s1. The van der Waals surface area contributed by atoms with Gasteiger partial charge in [-0.25, -0.2) is 22.6 Å². The zero-order valence-corrected chi connectivity index (χ0v) is 23.9. The van der Waals surface area contributed by atoms with Gasteiger partial charge in [-0.3, -0.25) is 4.79 Å². The summed E-state index contributed by atoms with van der Waals surface area (Å²) in [6, 6.07) is 8.66. The number of aromatic nitrogens is 2. The van der Waals surface area contributed by atoms with E-state index in [0.717, 1.165) is 4.31 Å². The van der Waals surface area contributed by atoms with Gasteiger partial charge >= 0.3 is 6.03 Å². The second kappa shape index (κ2) is 12.2. The topological polar surface area (TPSA) is 146 Å². The van der Waals surface area contributed by atoms with Gasteiger partial charge in [-0.15, -0.1) is 0 Å². The average molecular weight is 589 g/mol. The smallest absolute Gasteiger partial charge is 0.323 e. The highest BCUT2D eigenvalue weighted by molar-refractivity contribution is 7.89. The molecule has 12 nitrogen and oxygen atoms in total. The van der Waals surface area contributed by atoms with Crippen molar-refractivity contribution in [2.75, 3.05) is 37.4 Å². The number of ether oxygens (including phenoxy) is 1. The van der Waals surface area contributed by atoms with Crippen molar-refractivity contribution in [3.63, 3.8) is 0 Å². The van der Waals surface area contributed by atoms with E-state index >= 15 is 0 Å². The van der Waals surface area contributed by atoms with Gasteiger partial charge in [0.15, 0.2) is 10.8 Å². The molecular weight excluding hydrogens is 555 g/mol. The molecule has 41 heavy (non-hydrogen) atoms. The lowest BCUT2D eigenvalue weighted by Gasteiger charge is -2.38. The van der Waals surface area contributed by atoms with Crippen LogP contribution in [0.15, 0.2) is 60.0 Å². The molecule has 220 valence electrons. The summed E-state index contributed by atoms with van der Waals surface area (Å²) in [5.74, 6) is -1.20. The maximum absolute atomic E-state index is 13.6. The summed E-state index contributed by atoms with van der Waals surface area (Å²) in [4.78, 5) is 31.9. The summed E-state index contributed by atoms with van der Waals surface area (Å²) in [6.45, 7) is 3.33. The van der Waals surface area contributed by atoms with Crippen LogP contribution >= 0.6 is 0 Å². The molecule has 0 aliphatic carbocycles. The minimum atomic E-state index is -3.96. The number of amides is 3. The Morgan fingerprint density at radius 3 is 2.59 bits per heavy atom. The maximum Gasteiger partial charge on any atom is 0.323 e. The monoisotopic (exact) mass is 588 g/mol. The number of carbonyl (C=O) groups excluding carboxylic acids is 2. The number of hydrogen-bond donors (Lipinski definition) is 3. The number of likely N-dealkylation sites (N-methyl/N-ethyl adjacent to an activating group) is 1. The van der Waals surface area contributed by atoms with E-state index in [1.165, 1.54) is 53.3 Å². The predicted molar refractivity (Wildman–Crippen MR) is 150 cm³/mol. The first-order valence-electron chi connectivity index (χ1n) is 12.9. The van der Waals surface area contributed by atoms with Gasteiger partial charge in [0.25, 0.3) is 15.9 Å². The molecule has 3 atom stereocenters. The number of benzene rings is 2. The first-order valence-corrected chi connectivity index (χ1v) is 14.3. The van der Waals surface area contributed by atoms with Gasteiger partial charge in [0.05, 0.1) is 36.8 Å². The molecular formula is C27H33FN6O6S. The molecule has 0 radical (unpaired) electrons. The normalized spacial score (nSPS) is 18.2. The van der Waals surface area contributed by atoms with Crippen LogP contribution in [0.4, 0.5) is 20.6 Å². The predicted octanol–water partition coefficient (Wildman–Crippen LogP) is 2.74. The average Bonchev–Trinajstić information content (AvgIpc) is 3.38. The number of carbonyl (C=O) groups is 2. The van der Waals surface area contributed by atoms with Crippen molar-refractivity contribution in [3.05, 3.63) is 66.4 Å². The van der Waals surface area contributed by atoms with Gasteiger partial charge in [-0.2, -0.15) is 4.31 Å². The van der Waals surface area contributed by atoms with Gasteiger partial charge < -0.3 is 29.9 Å². The fourth-order valence-electron chi connectivity index (χ4n) is 4.41. The Kier molecular flexibility index (Phi) is 8.95. The molecule has 3 N–H and O–H groups in total. The zero-order chi connectivity index (χ0) is 29.9. The Morgan fingerprint density at radius 2 is 1.95 bits per heavy atom. The Balaban J connectivity index is 1.68. The fourth-order valence-corrected chi connectivity index (χ4v) is 5.55. The number of sulfonamides is 1. The number of halogens is 1. The lowest BCUT2D eigenvalue weighted by atomic mass is 9.99. The third kappa shape index (κ3) is 6.66. The molecule has 14 heteroatoms. The minimum Gasteiger partial charge on any atom is -0.486 e. The van der Waals surface area contributed by atoms with Crippen molar-refractivity contribution >= 4 is 33.3 Å². The molecule has 0 saturated heterocycles. The van der Waals surface area contributed by atoms with E-state index in [-0.39, 0.29) is 47.6 Å². The van der Waals surface area contributed by atoms with Crippen LogP contribution in [-0.4, -0.2) is 83.1 Å². The van der Waals surface area contributed by atoms with Crippen molar-refractivity contribution in [1.82, 2.24) is 18.8 Å². The molecule has 0 spiro atoms. The number of aryl methyl sites for hydroxylation is 1. The van der Waals surface area contributed by atoms with Gasteiger partial charge in [-0.05, 0) is 43.3 Å². The van der Waals surface area contributed by atoms with Crippen LogP contribution < -0.4 is 15.4 Å². The summed E-state index contributed by atoms with van der Waals surface area (Å²) in [6.07, 6.45) is 2.02. The highest BCUT2D eigenvalue weighted by atomic mass is 32.2. The molecule has 2 aromatic carbocycles. The number of nitrogens with one attached hydrogen (secondary N) is 2. The highest BCUT2D eigenvalue weighted by Crippen LogP contribution is 2.35. The second-order valence-corrected chi connectivity index (χ2v) is 12.0.